The second-order valence-electron chi connectivity index (χ2n) is 5.01. The van der Waals surface area contributed by atoms with Crippen LogP contribution in [0.1, 0.15) is 30.6 Å². The monoisotopic (exact) mass is 263 g/mol. The van der Waals surface area contributed by atoms with Crippen LogP contribution in [0.4, 0.5) is 0 Å². The van der Waals surface area contributed by atoms with Crippen LogP contribution in [0.15, 0.2) is 24.3 Å². The summed E-state index contributed by atoms with van der Waals surface area (Å²) in [6.07, 6.45) is 0.445. The summed E-state index contributed by atoms with van der Waals surface area (Å²) in [4.78, 5) is 22.7. The van der Waals surface area contributed by atoms with Crippen molar-refractivity contribution < 1.29 is 19.4 Å². The first-order valence-corrected chi connectivity index (χ1v) is 6.18. The van der Waals surface area contributed by atoms with Crippen molar-refractivity contribution in [1.82, 2.24) is 0 Å². The molecule has 2 atom stereocenters. The normalized spacial score (nSPS) is 21.2. The highest BCUT2D eigenvalue weighted by atomic mass is 16.5. The van der Waals surface area contributed by atoms with E-state index in [-0.39, 0.29) is 6.42 Å². The Balaban J connectivity index is 2.30. The molecule has 5 nitrogen and oxygen atoms in total. The van der Waals surface area contributed by atoms with Crippen molar-refractivity contribution in [3.05, 3.63) is 35.4 Å². The van der Waals surface area contributed by atoms with Crippen LogP contribution < -0.4 is 5.73 Å². The highest BCUT2D eigenvalue weighted by Gasteiger charge is 2.43. The lowest BCUT2D eigenvalue weighted by Crippen LogP contribution is -2.43. The number of hydrogen-bond acceptors (Lipinski definition) is 3. The van der Waals surface area contributed by atoms with E-state index in [9.17, 15) is 14.7 Å². The first-order chi connectivity index (χ1) is 8.95. The molecule has 1 aliphatic rings. The number of carboxylic acids is 1. The number of carboxylic acid groups (broad SMARTS) is 1. The molecule has 0 saturated heterocycles. The molecule has 2 rings (SSSR count). The molecule has 1 heterocycles. The Morgan fingerprint density at radius 3 is 2.79 bits per heavy atom. The van der Waals surface area contributed by atoms with Crippen LogP contribution in [0.3, 0.4) is 0 Å². The molecule has 0 fully saturated rings. The summed E-state index contributed by atoms with van der Waals surface area (Å²) in [6.45, 7) is 1.87. The van der Waals surface area contributed by atoms with Gasteiger partial charge in [-0.1, -0.05) is 24.3 Å². The van der Waals surface area contributed by atoms with E-state index in [1.807, 2.05) is 24.3 Å². The molecule has 1 amide bonds. The molecule has 0 aromatic heterocycles. The Bertz CT molecular complexity index is 498. The van der Waals surface area contributed by atoms with Gasteiger partial charge in [0.1, 0.15) is 5.41 Å². The van der Waals surface area contributed by atoms with Gasteiger partial charge in [-0.15, -0.1) is 0 Å². The number of fused-ring (bicyclic) bond motifs is 1. The molecule has 2 unspecified atom stereocenters. The smallest absolute Gasteiger partial charge is 0.319 e. The van der Waals surface area contributed by atoms with Crippen molar-refractivity contribution in [3.63, 3.8) is 0 Å². The quantitative estimate of drug-likeness (QED) is 0.800. The van der Waals surface area contributed by atoms with Crippen LogP contribution in [-0.4, -0.2) is 23.6 Å². The highest BCUT2D eigenvalue weighted by molar-refractivity contribution is 6.00. The van der Waals surface area contributed by atoms with Crippen LogP contribution in [0.5, 0.6) is 0 Å². The summed E-state index contributed by atoms with van der Waals surface area (Å²) in [5.74, 6) is -2.06. The second-order valence-corrected chi connectivity index (χ2v) is 5.01. The van der Waals surface area contributed by atoms with Crippen molar-refractivity contribution in [2.24, 2.45) is 11.1 Å². The van der Waals surface area contributed by atoms with Gasteiger partial charge in [-0.3, -0.25) is 9.59 Å². The van der Waals surface area contributed by atoms with E-state index in [0.717, 1.165) is 17.5 Å². The lowest BCUT2D eigenvalue weighted by molar-refractivity contribution is -0.156. The molecule has 1 aromatic rings. The maximum absolute atomic E-state index is 11.4. The SMILES string of the molecule is CC(CC1OCCc2ccccc21)(C(N)=O)C(=O)O. The zero-order valence-electron chi connectivity index (χ0n) is 10.8. The molecule has 19 heavy (non-hydrogen) atoms. The van der Waals surface area contributed by atoms with Crippen molar-refractivity contribution in [2.45, 2.75) is 25.9 Å². The first kappa shape index (κ1) is 13.5. The number of hydrogen-bond donors (Lipinski definition) is 2. The van der Waals surface area contributed by atoms with Crippen LogP contribution in [-0.2, 0) is 20.7 Å². The van der Waals surface area contributed by atoms with E-state index in [1.54, 1.807) is 0 Å². The number of rotatable bonds is 4. The minimum atomic E-state index is -1.62. The van der Waals surface area contributed by atoms with Gasteiger partial charge in [-0.05, 0) is 24.5 Å². The van der Waals surface area contributed by atoms with Gasteiger partial charge in [-0.2, -0.15) is 0 Å². The number of ether oxygens (including phenoxy) is 1. The average molecular weight is 263 g/mol. The van der Waals surface area contributed by atoms with Crippen molar-refractivity contribution in [3.8, 4) is 0 Å². The van der Waals surface area contributed by atoms with Crippen LogP contribution in [0.2, 0.25) is 0 Å². The first-order valence-electron chi connectivity index (χ1n) is 6.18. The van der Waals surface area contributed by atoms with Gasteiger partial charge in [0.2, 0.25) is 5.91 Å². The van der Waals surface area contributed by atoms with E-state index < -0.39 is 23.4 Å². The van der Waals surface area contributed by atoms with E-state index >= 15 is 0 Å². The Kier molecular flexibility index (Phi) is 3.57. The fourth-order valence-corrected chi connectivity index (χ4v) is 2.31. The summed E-state index contributed by atoms with van der Waals surface area (Å²) in [7, 11) is 0. The lowest BCUT2D eigenvalue weighted by atomic mass is 9.80. The summed E-state index contributed by atoms with van der Waals surface area (Å²) >= 11 is 0. The number of benzene rings is 1. The van der Waals surface area contributed by atoms with E-state index in [4.69, 9.17) is 10.5 Å². The summed E-state index contributed by atoms with van der Waals surface area (Å²) in [5, 5.41) is 9.23. The second kappa shape index (κ2) is 5.01. The molecule has 0 saturated carbocycles. The van der Waals surface area contributed by atoms with Gasteiger partial charge >= 0.3 is 5.97 Å². The third kappa shape index (κ3) is 2.46. The predicted molar refractivity (Wildman–Crippen MR) is 68.4 cm³/mol. The molecule has 102 valence electrons. The highest BCUT2D eigenvalue weighted by Crippen LogP contribution is 2.36. The summed E-state index contributed by atoms with van der Waals surface area (Å²) in [6, 6.07) is 7.71. The molecule has 5 heteroatoms. The molecule has 3 N–H and O–H groups in total. The van der Waals surface area contributed by atoms with Crippen LogP contribution in [0, 0.1) is 5.41 Å². The topological polar surface area (TPSA) is 89.6 Å². The average Bonchev–Trinajstić information content (AvgIpc) is 2.38. The van der Waals surface area contributed by atoms with Crippen molar-refractivity contribution in [2.75, 3.05) is 6.61 Å². The largest absolute Gasteiger partial charge is 0.480 e. The van der Waals surface area contributed by atoms with E-state index in [2.05, 4.69) is 0 Å². The summed E-state index contributed by atoms with van der Waals surface area (Å²) in [5.41, 5.74) is 5.70. The van der Waals surface area contributed by atoms with Gasteiger partial charge in [0, 0.05) is 6.42 Å². The molecule has 0 aliphatic carbocycles. The lowest BCUT2D eigenvalue weighted by Gasteiger charge is -2.31. The van der Waals surface area contributed by atoms with Gasteiger partial charge in [0.15, 0.2) is 0 Å². The maximum Gasteiger partial charge on any atom is 0.319 e. The molecule has 1 aliphatic heterocycles. The maximum atomic E-state index is 11.4. The Labute approximate surface area is 111 Å². The number of nitrogens with two attached hydrogens (primary N) is 1. The molecular formula is C14H17NO4. The standard InChI is InChI=1S/C14H17NO4/c1-14(12(15)16,13(17)18)8-11-10-5-3-2-4-9(10)6-7-19-11/h2-5,11H,6-8H2,1H3,(H2,15,16)(H,17,18). The minimum Gasteiger partial charge on any atom is -0.480 e. The van der Waals surface area contributed by atoms with Crippen LogP contribution >= 0.6 is 0 Å². The molecule has 0 bridgehead atoms. The molecule has 0 radical (unpaired) electrons. The Hall–Kier alpha value is -1.88. The number of primary amides is 1. The van der Waals surface area contributed by atoms with E-state index in [0.29, 0.717) is 6.61 Å². The van der Waals surface area contributed by atoms with Crippen LogP contribution in [0.25, 0.3) is 0 Å². The number of carbonyl (C=O) groups excluding carboxylic acids is 1. The van der Waals surface area contributed by atoms with Gasteiger partial charge < -0.3 is 15.6 Å². The predicted octanol–water partition coefficient (Wildman–Crippen LogP) is 1.27. The number of aliphatic carboxylic acids is 1. The Morgan fingerprint density at radius 2 is 2.16 bits per heavy atom. The molecular weight excluding hydrogens is 246 g/mol. The van der Waals surface area contributed by atoms with Gasteiger partial charge in [0.25, 0.3) is 0 Å². The number of carbonyl (C=O) groups is 2. The van der Waals surface area contributed by atoms with Crippen molar-refractivity contribution >= 4 is 11.9 Å². The minimum absolute atomic E-state index is 0.0503. The third-order valence-electron chi connectivity index (χ3n) is 3.70. The molecule has 1 aromatic carbocycles. The summed E-state index contributed by atoms with van der Waals surface area (Å²) < 4.78 is 5.63. The van der Waals surface area contributed by atoms with Crippen molar-refractivity contribution in [1.29, 1.82) is 0 Å². The zero-order chi connectivity index (χ0) is 14.0. The Morgan fingerprint density at radius 1 is 1.47 bits per heavy atom. The van der Waals surface area contributed by atoms with Gasteiger partial charge in [-0.25, -0.2) is 0 Å². The van der Waals surface area contributed by atoms with E-state index in [1.165, 1.54) is 6.92 Å². The van der Waals surface area contributed by atoms with Gasteiger partial charge in [0.05, 0.1) is 12.7 Å². The molecule has 0 spiro atoms. The fourth-order valence-electron chi connectivity index (χ4n) is 2.31. The zero-order valence-corrected chi connectivity index (χ0v) is 10.8. The number of amides is 1. The fraction of sp³-hybridized carbons (Fsp3) is 0.429. The third-order valence-corrected chi connectivity index (χ3v) is 3.70.